The lowest BCUT2D eigenvalue weighted by Gasteiger charge is -2.05. The highest BCUT2D eigenvalue weighted by Crippen LogP contribution is 2.27. The Balaban J connectivity index is 3.36. The van der Waals surface area contributed by atoms with Gasteiger partial charge in [0.25, 0.3) is 6.43 Å². The largest absolute Gasteiger partial charge is 0.481 e. The Labute approximate surface area is 94.1 Å². The van der Waals surface area contributed by atoms with Gasteiger partial charge in [0, 0.05) is 5.56 Å². The zero-order valence-corrected chi connectivity index (χ0v) is 8.68. The first-order valence-corrected chi connectivity index (χ1v) is 4.47. The van der Waals surface area contributed by atoms with E-state index in [1.165, 1.54) is 6.92 Å². The maximum atomic E-state index is 12.6. The molecule has 6 nitrogen and oxygen atoms in total. The van der Waals surface area contributed by atoms with Crippen molar-refractivity contribution >= 4 is 11.8 Å². The van der Waals surface area contributed by atoms with Gasteiger partial charge in [-0.05, 0) is 22.9 Å². The Kier molecular flexibility index (Phi) is 3.66. The molecule has 17 heavy (non-hydrogen) atoms. The number of pyridine rings is 1. The molecule has 0 radical (unpaired) electrons. The summed E-state index contributed by atoms with van der Waals surface area (Å²) in [4.78, 5) is 23.5. The number of alkyl halides is 2. The van der Waals surface area contributed by atoms with Crippen molar-refractivity contribution in [2.75, 3.05) is 0 Å². The average Bonchev–Trinajstić information content (AvgIpc) is 2.18. The molecule has 1 aromatic heterocycles. The minimum absolute atomic E-state index is 0.0283. The fraction of sp³-hybridized carbons (Fsp3) is 0.333. The summed E-state index contributed by atoms with van der Waals surface area (Å²) in [5.41, 5.74) is -1.10. The van der Waals surface area contributed by atoms with E-state index in [1.807, 2.05) is 0 Å². The van der Waals surface area contributed by atoms with E-state index < -0.39 is 40.8 Å². The number of aromatic nitrogens is 1. The maximum absolute atomic E-state index is 12.6. The van der Waals surface area contributed by atoms with Crippen molar-refractivity contribution in [1.82, 2.24) is 4.98 Å². The third-order valence-electron chi connectivity index (χ3n) is 2.03. The van der Waals surface area contributed by atoms with Crippen molar-refractivity contribution in [1.29, 1.82) is 0 Å². The number of hydrogen-bond donors (Lipinski definition) is 1. The summed E-state index contributed by atoms with van der Waals surface area (Å²) in [6.45, 7) is 1.27. The van der Waals surface area contributed by atoms with Crippen LogP contribution in [-0.2, 0) is 11.2 Å². The lowest BCUT2D eigenvalue weighted by molar-refractivity contribution is -0.390. The first-order valence-electron chi connectivity index (χ1n) is 4.47. The highest BCUT2D eigenvalue weighted by molar-refractivity contribution is 5.70. The van der Waals surface area contributed by atoms with Crippen LogP contribution in [0.2, 0.25) is 0 Å². The second-order valence-electron chi connectivity index (χ2n) is 3.29. The fourth-order valence-corrected chi connectivity index (χ4v) is 1.32. The third kappa shape index (κ3) is 2.92. The Morgan fingerprint density at radius 1 is 1.65 bits per heavy atom. The molecular weight excluding hydrogens is 238 g/mol. The van der Waals surface area contributed by atoms with Crippen molar-refractivity contribution in [2.45, 2.75) is 19.8 Å². The Morgan fingerprint density at radius 2 is 2.24 bits per heavy atom. The summed E-state index contributed by atoms with van der Waals surface area (Å²) in [5, 5.41) is 19.1. The molecule has 8 heteroatoms. The SMILES string of the molecule is Cc1cc(C(F)F)c(CC(=O)O)nc1[N+](=O)[O-]. The molecule has 1 N–H and O–H groups in total. The molecule has 0 aliphatic rings. The molecule has 0 aliphatic heterocycles. The standard InChI is InChI=1S/C9H8F2N2O4/c1-4-2-5(8(10)11)6(3-7(14)15)12-9(4)13(16)17/h2,8H,3H2,1H3,(H,14,15). The molecule has 0 aromatic carbocycles. The van der Waals surface area contributed by atoms with Gasteiger partial charge >= 0.3 is 11.8 Å². The van der Waals surface area contributed by atoms with Crippen LogP contribution in [0.4, 0.5) is 14.6 Å². The molecule has 0 aliphatic carbocycles. The van der Waals surface area contributed by atoms with Gasteiger partial charge in [0.2, 0.25) is 0 Å². The highest BCUT2D eigenvalue weighted by atomic mass is 19.3. The van der Waals surface area contributed by atoms with Gasteiger partial charge in [0.1, 0.15) is 6.42 Å². The molecule has 1 heterocycles. The Morgan fingerprint density at radius 3 is 2.65 bits per heavy atom. The number of carboxylic acid groups (broad SMARTS) is 1. The molecule has 0 saturated carbocycles. The minimum atomic E-state index is -2.92. The van der Waals surface area contributed by atoms with Crippen LogP contribution >= 0.6 is 0 Å². The number of nitrogens with zero attached hydrogens (tertiary/aromatic N) is 2. The zero-order chi connectivity index (χ0) is 13.2. The number of aliphatic carboxylic acids is 1. The van der Waals surface area contributed by atoms with Crippen LogP contribution in [-0.4, -0.2) is 21.0 Å². The van der Waals surface area contributed by atoms with Crippen molar-refractivity contribution in [2.24, 2.45) is 0 Å². The second kappa shape index (κ2) is 4.81. The topological polar surface area (TPSA) is 93.3 Å². The van der Waals surface area contributed by atoms with E-state index in [4.69, 9.17) is 5.11 Å². The molecular formula is C9H8F2N2O4. The number of carboxylic acids is 1. The maximum Gasteiger partial charge on any atom is 0.366 e. The van der Waals surface area contributed by atoms with E-state index >= 15 is 0 Å². The van der Waals surface area contributed by atoms with Gasteiger partial charge in [-0.3, -0.25) is 4.79 Å². The van der Waals surface area contributed by atoms with E-state index in [-0.39, 0.29) is 5.56 Å². The summed E-state index contributed by atoms with van der Waals surface area (Å²) >= 11 is 0. The van der Waals surface area contributed by atoms with Crippen LogP contribution < -0.4 is 0 Å². The van der Waals surface area contributed by atoms with E-state index in [0.717, 1.165) is 6.07 Å². The number of aryl methyl sites for hydroxylation is 1. The summed E-state index contributed by atoms with van der Waals surface area (Å²) in [7, 11) is 0. The number of hydrogen-bond acceptors (Lipinski definition) is 4. The first-order chi connectivity index (χ1) is 7.82. The Hall–Kier alpha value is -2.12. The molecule has 1 aromatic rings. The number of rotatable bonds is 4. The summed E-state index contributed by atoms with van der Waals surface area (Å²) in [6.07, 6.45) is -3.70. The van der Waals surface area contributed by atoms with Crippen LogP contribution in [0, 0.1) is 17.0 Å². The third-order valence-corrected chi connectivity index (χ3v) is 2.03. The molecule has 0 saturated heterocycles. The van der Waals surface area contributed by atoms with Crippen LogP contribution in [0.3, 0.4) is 0 Å². The smallest absolute Gasteiger partial charge is 0.366 e. The minimum Gasteiger partial charge on any atom is -0.481 e. The molecule has 0 atom stereocenters. The first kappa shape index (κ1) is 12.9. The second-order valence-corrected chi connectivity index (χ2v) is 3.29. The van der Waals surface area contributed by atoms with Crippen molar-refractivity contribution in [3.63, 3.8) is 0 Å². The van der Waals surface area contributed by atoms with Crippen LogP contribution in [0.1, 0.15) is 23.2 Å². The fourth-order valence-electron chi connectivity index (χ4n) is 1.32. The van der Waals surface area contributed by atoms with Crippen LogP contribution in [0.15, 0.2) is 6.07 Å². The number of nitro groups is 1. The van der Waals surface area contributed by atoms with Gasteiger partial charge in [-0.25, -0.2) is 8.78 Å². The van der Waals surface area contributed by atoms with Crippen LogP contribution in [0.25, 0.3) is 0 Å². The molecule has 1 rings (SSSR count). The number of halogens is 2. The predicted octanol–water partition coefficient (Wildman–Crippen LogP) is 1.86. The summed E-state index contributed by atoms with van der Waals surface area (Å²) in [6, 6.07) is 0.897. The summed E-state index contributed by atoms with van der Waals surface area (Å²) in [5.74, 6) is -1.98. The van der Waals surface area contributed by atoms with Gasteiger partial charge in [-0.2, -0.15) is 0 Å². The molecule has 92 valence electrons. The quantitative estimate of drug-likeness (QED) is 0.646. The zero-order valence-electron chi connectivity index (χ0n) is 8.68. The van der Waals surface area contributed by atoms with E-state index in [9.17, 15) is 23.7 Å². The normalized spacial score (nSPS) is 10.6. The molecule has 0 spiro atoms. The lowest BCUT2D eigenvalue weighted by atomic mass is 10.1. The summed E-state index contributed by atoms with van der Waals surface area (Å²) < 4.78 is 25.2. The Bertz CT molecular complexity index is 476. The number of carbonyl (C=O) groups is 1. The highest BCUT2D eigenvalue weighted by Gasteiger charge is 2.25. The monoisotopic (exact) mass is 246 g/mol. The molecule has 0 amide bonds. The van der Waals surface area contributed by atoms with Crippen molar-refractivity contribution in [3.8, 4) is 0 Å². The van der Waals surface area contributed by atoms with Crippen LogP contribution in [0.5, 0.6) is 0 Å². The van der Waals surface area contributed by atoms with Crippen molar-refractivity contribution < 1.29 is 23.6 Å². The molecule has 0 fully saturated rings. The van der Waals surface area contributed by atoms with E-state index in [2.05, 4.69) is 4.98 Å². The van der Waals surface area contributed by atoms with Gasteiger partial charge < -0.3 is 15.2 Å². The van der Waals surface area contributed by atoms with Gasteiger partial charge in [-0.1, -0.05) is 0 Å². The van der Waals surface area contributed by atoms with E-state index in [0.29, 0.717) is 0 Å². The van der Waals surface area contributed by atoms with Gasteiger partial charge in [-0.15, -0.1) is 0 Å². The van der Waals surface area contributed by atoms with E-state index in [1.54, 1.807) is 0 Å². The lowest BCUT2D eigenvalue weighted by Crippen LogP contribution is -2.09. The van der Waals surface area contributed by atoms with Gasteiger partial charge in [0.15, 0.2) is 5.69 Å². The predicted molar refractivity (Wildman–Crippen MR) is 51.9 cm³/mol. The molecule has 0 unspecified atom stereocenters. The van der Waals surface area contributed by atoms with Crippen molar-refractivity contribution in [3.05, 3.63) is 33.0 Å². The van der Waals surface area contributed by atoms with Gasteiger partial charge in [0.05, 0.1) is 5.56 Å². The average molecular weight is 246 g/mol. The molecule has 0 bridgehead atoms.